The number of carbonyl (C=O) groups excluding carboxylic acids is 2. The van der Waals surface area contributed by atoms with Crippen molar-refractivity contribution in [3.63, 3.8) is 0 Å². The van der Waals surface area contributed by atoms with E-state index in [1.807, 2.05) is 12.2 Å². The zero-order valence-corrected chi connectivity index (χ0v) is 36.4. The van der Waals surface area contributed by atoms with Crippen molar-refractivity contribution < 1.29 is 47.8 Å². The Bertz CT molecular complexity index is 1180. The van der Waals surface area contributed by atoms with Crippen LogP contribution in [0.25, 0.3) is 0 Å². The molecule has 0 heterocycles. The summed E-state index contributed by atoms with van der Waals surface area (Å²) in [4.78, 5) is 34.9. The summed E-state index contributed by atoms with van der Waals surface area (Å²) in [5.41, 5.74) is 0. The second kappa shape index (κ2) is 41.6. The number of aliphatic hydroxyl groups is 2. The zero-order chi connectivity index (χ0) is 41.9. The highest BCUT2D eigenvalue weighted by molar-refractivity contribution is 7.47. The Labute approximate surface area is 346 Å². The molecule has 0 aromatic heterocycles. The summed E-state index contributed by atoms with van der Waals surface area (Å²) in [6.07, 6.45) is 47.3. The number of rotatable bonds is 40. The molecule has 0 aliphatic rings. The third-order valence-electron chi connectivity index (χ3n) is 8.85. The van der Waals surface area contributed by atoms with E-state index in [-0.39, 0.29) is 19.4 Å². The van der Waals surface area contributed by atoms with Crippen molar-refractivity contribution in [2.75, 3.05) is 26.4 Å². The minimum absolute atomic E-state index is 0.0569. The number of hydrogen-bond donors (Lipinski definition) is 3. The molecule has 3 atom stereocenters. The van der Waals surface area contributed by atoms with Gasteiger partial charge < -0.3 is 24.6 Å². The van der Waals surface area contributed by atoms with Crippen molar-refractivity contribution >= 4 is 19.8 Å². The Morgan fingerprint density at radius 2 is 0.947 bits per heavy atom. The third-order valence-corrected chi connectivity index (χ3v) is 9.80. The van der Waals surface area contributed by atoms with E-state index >= 15 is 0 Å². The van der Waals surface area contributed by atoms with Gasteiger partial charge in [0.2, 0.25) is 0 Å². The molecule has 328 valence electrons. The number of unbranched alkanes of at least 4 members (excludes halogenated alkanes) is 14. The van der Waals surface area contributed by atoms with Gasteiger partial charge in [-0.25, -0.2) is 4.57 Å². The molecule has 3 N–H and O–H groups in total. The Balaban J connectivity index is 4.44. The average molecular weight is 823 g/mol. The van der Waals surface area contributed by atoms with Crippen LogP contribution in [-0.2, 0) is 32.7 Å². The normalized spacial score (nSPS) is 14.5. The minimum Gasteiger partial charge on any atom is -0.462 e. The fourth-order valence-electron chi connectivity index (χ4n) is 5.44. The van der Waals surface area contributed by atoms with Crippen molar-refractivity contribution in [1.29, 1.82) is 0 Å². The van der Waals surface area contributed by atoms with Gasteiger partial charge in [-0.3, -0.25) is 18.6 Å². The molecule has 1 unspecified atom stereocenters. The first-order valence-electron chi connectivity index (χ1n) is 21.9. The SMILES string of the molecule is CCCCC/C=C/C/C=C/C/C=C/C/C=C/C/C=C/CCC(=O)O[C@H](COC(=O)CCCCCCCCC/C=C/CCCCCC)COP(=O)(O)OC[C@@H](O)CO. The number of carbonyl (C=O) groups is 2. The van der Waals surface area contributed by atoms with Gasteiger partial charge in [-0.15, -0.1) is 0 Å². The fraction of sp³-hybridized carbons (Fsp3) is 0.696. The maximum absolute atomic E-state index is 12.6. The second-order valence-electron chi connectivity index (χ2n) is 14.4. The summed E-state index contributed by atoms with van der Waals surface area (Å²) < 4.78 is 32.6. The largest absolute Gasteiger partial charge is 0.472 e. The van der Waals surface area contributed by atoms with Gasteiger partial charge in [0, 0.05) is 12.8 Å². The van der Waals surface area contributed by atoms with Gasteiger partial charge in [0.05, 0.1) is 19.8 Å². The van der Waals surface area contributed by atoms with E-state index in [1.165, 1.54) is 77.0 Å². The van der Waals surface area contributed by atoms with E-state index in [0.717, 1.165) is 51.4 Å². The van der Waals surface area contributed by atoms with Gasteiger partial charge >= 0.3 is 19.8 Å². The first-order valence-corrected chi connectivity index (χ1v) is 23.4. The molecular formula is C46H79O10P. The number of phosphoric ester groups is 1. The molecule has 0 saturated carbocycles. The second-order valence-corrected chi connectivity index (χ2v) is 15.8. The molecule has 0 bridgehead atoms. The maximum atomic E-state index is 12.6. The van der Waals surface area contributed by atoms with Crippen LogP contribution in [-0.4, -0.2) is 65.7 Å². The van der Waals surface area contributed by atoms with Crippen molar-refractivity contribution in [2.45, 2.75) is 180 Å². The van der Waals surface area contributed by atoms with Crippen LogP contribution in [0.5, 0.6) is 0 Å². The van der Waals surface area contributed by atoms with Crippen LogP contribution in [0.1, 0.15) is 168 Å². The van der Waals surface area contributed by atoms with Crippen LogP contribution in [0.4, 0.5) is 0 Å². The molecule has 0 aliphatic carbocycles. The molecule has 0 aromatic carbocycles. The van der Waals surface area contributed by atoms with Crippen molar-refractivity contribution in [3.8, 4) is 0 Å². The van der Waals surface area contributed by atoms with Crippen molar-refractivity contribution in [3.05, 3.63) is 72.9 Å². The van der Waals surface area contributed by atoms with E-state index in [0.29, 0.717) is 12.8 Å². The Hall–Kier alpha value is -2.59. The lowest BCUT2D eigenvalue weighted by Crippen LogP contribution is -2.29. The number of hydrogen-bond acceptors (Lipinski definition) is 9. The molecule has 0 aliphatic heterocycles. The zero-order valence-electron chi connectivity index (χ0n) is 35.5. The molecule has 0 fully saturated rings. The smallest absolute Gasteiger partial charge is 0.462 e. The number of ether oxygens (including phenoxy) is 2. The minimum atomic E-state index is -4.64. The summed E-state index contributed by atoms with van der Waals surface area (Å²) in [5, 5.41) is 18.3. The van der Waals surface area contributed by atoms with Crippen LogP contribution in [0.15, 0.2) is 72.9 Å². The van der Waals surface area contributed by atoms with E-state index in [1.54, 1.807) is 0 Å². The Morgan fingerprint density at radius 1 is 0.526 bits per heavy atom. The van der Waals surface area contributed by atoms with Gasteiger partial charge in [0.15, 0.2) is 6.10 Å². The van der Waals surface area contributed by atoms with Gasteiger partial charge in [0.25, 0.3) is 0 Å². The van der Waals surface area contributed by atoms with Gasteiger partial charge in [0.1, 0.15) is 12.7 Å². The summed E-state index contributed by atoms with van der Waals surface area (Å²) >= 11 is 0. The highest BCUT2D eigenvalue weighted by atomic mass is 31.2. The molecule has 0 rings (SSSR count). The molecule has 11 heteroatoms. The molecule has 0 amide bonds. The first kappa shape index (κ1) is 54.4. The van der Waals surface area contributed by atoms with Crippen LogP contribution >= 0.6 is 7.82 Å². The van der Waals surface area contributed by atoms with Crippen molar-refractivity contribution in [2.24, 2.45) is 0 Å². The lowest BCUT2D eigenvalue weighted by molar-refractivity contribution is -0.161. The maximum Gasteiger partial charge on any atom is 0.472 e. The van der Waals surface area contributed by atoms with Crippen LogP contribution in [0.3, 0.4) is 0 Å². The van der Waals surface area contributed by atoms with Crippen LogP contribution in [0, 0.1) is 0 Å². The van der Waals surface area contributed by atoms with E-state index in [4.69, 9.17) is 19.1 Å². The average Bonchev–Trinajstić information content (AvgIpc) is 3.20. The topological polar surface area (TPSA) is 149 Å². The van der Waals surface area contributed by atoms with E-state index in [9.17, 15) is 24.2 Å². The number of allylic oxidation sites excluding steroid dienone is 12. The summed E-state index contributed by atoms with van der Waals surface area (Å²) in [6.45, 7) is 2.24. The summed E-state index contributed by atoms with van der Waals surface area (Å²) in [5.74, 6) is -1.03. The van der Waals surface area contributed by atoms with Gasteiger partial charge in [-0.1, -0.05) is 151 Å². The number of aliphatic hydroxyl groups excluding tert-OH is 2. The molecule has 57 heavy (non-hydrogen) atoms. The van der Waals surface area contributed by atoms with E-state index < -0.39 is 51.8 Å². The molecule has 0 radical (unpaired) electrons. The monoisotopic (exact) mass is 823 g/mol. The number of esters is 2. The molecule has 0 aromatic rings. The first-order chi connectivity index (χ1) is 27.7. The molecule has 0 saturated heterocycles. The predicted octanol–water partition coefficient (Wildman–Crippen LogP) is 11.7. The standard InChI is InChI=1S/C46H79O10P/c1-3-5-7-9-11-13-15-17-19-20-21-22-24-26-28-30-32-34-36-38-46(50)56-44(42-55-57(51,52)54-40-43(48)39-47)41-53-45(49)37-35-33-31-29-27-25-23-18-16-14-12-10-8-6-4-2/h11,13-14,16-17,19,21-22,26,28,32,34,43-44,47-48H,3-10,12,15,18,20,23-25,27,29-31,33,35-42H2,1-2H3,(H,51,52)/b13-11+,16-14+,19-17+,22-21+,28-26+,34-32+/t43-,44+/m0/s1. The predicted molar refractivity (Wildman–Crippen MR) is 233 cm³/mol. The van der Waals surface area contributed by atoms with Gasteiger partial charge in [-0.05, 0) is 77.0 Å². The van der Waals surface area contributed by atoms with Gasteiger partial charge in [-0.2, -0.15) is 0 Å². The third kappa shape index (κ3) is 41.4. The highest BCUT2D eigenvalue weighted by Crippen LogP contribution is 2.43. The fourth-order valence-corrected chi connectivity index (χ4v) is 6.23. The number of phosphoric acid groups is 1. The van der Waals surface area contributed by atoms with Crippen molar-refractivity contribution in [1.82, 2.24) is 0 Å². The van der Waals surface area contributed by atoms with Crippen LogP contribution in [0.2, 0.25) is 0 Å². The summed E-state index contributed by atoms with van der Waals surface area (Å²) in [7, 11) is -4.64. The lowest BCUT2D eigenvalue weighted by Gasteiger charge is -2.20. The van der Waals surface area contributed by atoms with E-state index in [2.05, 4.69) is 79.1 Å². The molecule has 0 spiro atoms. The Morgan fingerprint density at radius 3 is 1.49 bits per heavy atom. The highest BCUT2D eigenvalue weighted by Gasteiger charge is 2.27. The Kier molecular flexibility index (Phi) is 39.7. The van der Waals surface area contributed by atoms with Crippen LogP contribution < -0.4 is 0 Å². The summed E-state index contributed by atoms with van der Waals surface area (Å²) in [6, 6.07) is 0. The molecule has 10 nitrogen and oxygen atoms in total. The molecular weight excluding hydrogens is 743 g/mol. The quantitative estimate of drug-likeness (QED) is 0.0236. The lowest BCUT2D eigenvalue weighted by atomic mass is 10.1.